The molecule has 1 atom stereocenters. The van der Waals surface area contributed by atoms with Crippen LogP contribution in [0.15, 0.2) is 6.07 Å². The van der Waals surface area contributed by atoms with Crippen LogP contribution in [0.3, 0.4) is 0 Å². The van der Waals surface area contributed by atoms with E-state index in [1.54, 1.807) is 4.68 Å². The van der Waals surface area contributed by atoms with Crippen molar-refractivity contribution in [2.24, 2.45) is 13.0 Å². The van der Waals surface area contributed by atoms with Gasteiger partial charge in [-0.3, -0.25) is 14.4 Å². The van der Waals surface area contributed by atoms with Crippen LogP contribution >= 0.6 is 0 Å². The third kappa shape index (κ3) is 4.04. The van der Waals surface area contributed by atoms with Gasteiger partial charge in [0.1, 0.15) is 0 Å². The summed E-state index contributed by atoms with van der Waals surface area (Å²) in [6.07, 6.45) is 0.0311. The quantitative estimate of drug-likeness (QED) is 0.879. The number of pyridine rings is 1. The van der Waals surface area contributed by atoms with Gasteiger partial charge in [0.15, 0.2) is 5.65 Å². The summed E-state index contributed by atoms with van der Waals surface area (Å²) in [6, 6.07) is 1.89. The summed E-state index contributed by atoms with van der Waals surface area (Å²) in [5.41, 5.74) is 2.99. The fraction of sp³-hybridized carbons (Fsp3) is 0.632. The van der Waals surface area contributed by atoms with Crippen LogP contribution in [0.2, 0.25) is 0 Å². The second-order valence-corrected chi connectivity index (χ2v) is 7.56. The van der Waals surface area contributed by atoms with Gasteiger partial charge in [-0.15, -0.1) is 0 Å². The number of fused-ring (bicyclic) bond motifs is 1. The highest BCUT2D eigenvalue weighted by molar-refractivity contribution is 5.98. The molecule has 142 valence electrons. The predicted octanol–water partition coefficient (Wildman–Crippen LogP) is 1.67. The maximum Gasteiger partial charge on any atom is 0.253 e. The molecule has 26 heavy (non-hydrogen) atoms. The van der Waals surface area contributed by atoms with Crippen LogP contribution in [0.1, 0.15) is 35.6 Å². The first-order valence-electron chi connectivity index (χ1n) is 9.28. The minimum atomic E-state index is -0.107. The lowest BCUT2D eigenvalue weighted by atomic mass is 10.1. The van der Waals surface area contributed by atoms with Crippen molar-refractivity contribution in [3.63, 3.8) is 0 Å². The summed E-state index contributed by atoms with van der Waals surface area (Å²) >= 11 is 0. The Morgan fingerprint density at radius 1 is 1.38 bits per heavy atom. The Balaban J connectivity index is 1.66. The van der Waals surface area contributed by atoms with Gasteiger partial charge in [-0.05, 0) is 25.8 Å². The summed E-state index contributed by atoms with van der Waals surface area (Å²) < 4.78 is 7.56. The van der Waals surface area contributed by atoms with Crippen LogP contribution in [-0.4, -0.2) is 64.5 Å². The molecule has 0 aromatic carbocycles. The van der Waals surface area contributed by atoms with Gasteiger partial charge in [0.2, 0.25) is 0 Å². The zero-order chi connectivity index (χ0) is 18.8. The van der Waals surface area contributed by atoms with Gasteiger partial charge in [-0.25, -0.2) is 4.98 Å². The Kier molecular flexibility index (Phi) is 5.58. The van der Waals surface area contributed by atoms with E-state index in [1.807, 2.05) is 27.0 Å². The lowest BCUT2D eigenvalue weighted by molar-refractivity contribution is -0.0295. The highest BCUT2D eigenvalue weighted by Crippen LogP contribution is 2.19. The minimum absolute atomic E-state index is 0.0311. The first-order valence-corrected chi connectivity index (χ1v) is 9.28. The molecule has 3 heterocycles. The number of hydrogen-bond acceptors (Lipinski definition) is 5. The molecule has 7 nitrogen and oxygen atoms in total. The summed E-state index contributed by atoms with van der Waals surface area (Å²) in [7, 11) is 1.87. The number of carbonyl (C=O) groups is 1. The van der Waals surface area contributed by atoms with Crippen molar-refractivity contribution in [2.45, 2.75) is 33.8 Å². The van der Waals surface area contributed by atoms with Crippen molar-refractivity contribution in [1.82, 2.24) is 25.0 Å². The largest absolute Gasteiger partial charge is 0.374 e. The molecule has 1 N–H and O–H groups in total. The molecule has 1 fully saturated rings. The standard InChI is InChI=1S/C19H29N5O2/c1-12(2)10-24-6-7-26-15(11-24)9-20-19(25)17-8-16-14(4)22-23(5)18(16)21-13(17)3/h8,12,15H,6-7,9-11H2,1-5H3,(H,20,25). The average molecular weight is 359 g/mol. The van der Waals surface area contributed by atoms with E-state index in [-0.39, 0.29) is 12.0 Å². The third-order valence-corrected chi connectivity index (χ3v) is 4.77. The van der Waals surface area contributed by atoms with E-state index in [0.29, 0.717) is 30.3 Å². The van der Waals surface area contributed by atoms with Crippen molar-refractivity contribution in [3.8, 4) is 0 Å². The molecule has 1 saturated heterocycles. The SMILES string of the molecule is Cc1nc2c(cc1C(=O)NCC1CN(CC(C)C)CCO1)c(C)nn2C. The fourth-order valence-corrected chi connectivity index (χ4v) is 3.55. The van der Waals surface area contributed by atoms with E-state index in [9.17, 15) is 4.79 Å². The Morgan fingerprint density at radius 3 is 2.88 bits per heavy atom. The number of aryl methyl sites for hydroxylation is 3. The predicted molar refractivity (Wildman–Crippen MR) is 101 cm³/mol. The highest BCUT2D eigenvalue weighted by Gasteiger charge is 2.22. The molecule has 7 heteroatoms. The molecule has 3 rings (SSSR count). The molecule has 1 amide bonds. The van der Waals surface area contributed by atoms with Crippen LogP contribution in [-0.2, 0) is 11.8 Å². The molecule has 0 radical (unpaired) electrons. The van der Waals surface area contributed by atoms with E-state index < -0.39 is 0 Å². The second kappa shape index (κ2) is 7.72. The number of morpholine rings is 1. The number of carbonyl (C=O) groups excluding carboxylic acids is 1. The molecular formula is C19H29N5O2. The maximum atomic E-state index is 12.7. The van der Waals surface area contributed by atoms with E-state index >= 15 is 0 Å². The van der Waals surface area contributed by atoms with Gasteiger partial charge in [0.25, 0.3) is 5.91 Å². The van der Waals surface area contributed by atoms with Crippen molar-refractivity contribution in [3.05, 3.63) is 23.0 Å². The lowest BCUT2D eigenvalue weighted by Crippen LogP contribution is -2.48. The molecule has 0 aliphatic carbocycles. The van der Waals surface area contributed by atoms with Gasteiger partial charge in [-0.2, -0.15) is 5.10 Å². The Bertz CT molecular complexity index is 799. The molecule has 1 aliphatic rings. The van der Waals surface area contributed by atoms with E-state index in [2.05, 4.69) is 34.1 Å². The van der Waals surface area contributed by atoms with E-state index in [4.69, 9.17) is 4.74 Å². The Morgan fingerprint density at radius 2 is 2.15 bits per heavy atom. The molecular weight excluding hydrogens is 330 g/mol. The second-order valence-electron chi connectivity index (χ2n) is 7.56. The number of hydrogen-bond donors (Lipinski definition) is 1. The monoisotopic (exact) mass is 359 g/mol. The first-order chi connectivity index (χ1) is 12.3. The number of ether oxygens (including phenoxy) is 1. The lowest BCUT2D eigenvalue weighted by Gasteiger charge is -2.34. The number of amides is 1. The maximum absolute atomic E-state index is 12.7. The molecule has 2 aromatic heterocycles. The molecule has 1 unspecified atom stereocenters. The average Bonchev–Trinajstić information content (AvgIpc) is 2.85. The first kappa shape index (κ1) is 18.8. The molecule has 2 aromatic rings. The van der Waals surface area contributed by atoms with Crippen LogP contribution in [0.25, 0.3) is 11.0 Å². The van der Waals surface area contributed by atoms with E-state index in [1.165, 1.54) is 0 Å². The molecule has 0 bridgehead atoms. The van der Waals surface area contributed by atoms with Crippen LogP contribution in [0, 0.1) is 19.8 Å². The van der Waals surface area contributed by atoms with Gasteiger partial charge in [0.05, 0.1) is 29.7 Å². The normalized spacial score (nSPS) is 18.6. The van der Waals surface area contributed by atoms with Gasteiger partial charge in [0, 0.05) is 38.6 Å². The van der Waals surface area contributed by atoms with Crippen LogP contribution in [0.5, 0.6) is 0 Å². The minimum Gasteiger partial charge on any atom is -0.374 e. The van der Waals surface area contributed by atoms with Gasteiger partial charge >= 0.3 is 0 Å². The van der Waals surface area contributed by atoms with Crippen molar-refractivity contribution in [1.29, 1.82) is 0 Å². The fourth-order valence-electron chi connectivity index (χ4n) is 3.55. The smallest absolute Gasteiger partial charge is 0.253 e. The molecule has 0 saturated carbocycles. The highest BCUT2D eigenvalue weighted by atomic mass is 16.5. The van der Waals surface area contributed by atoms with Gasteiger partial charge < -0.3 is 10.1 Å². The van der Waals surface area contributed by atoms with Crippen LogP contribution in [0.4, 0.5) is 0 Å². The molecule has 0 spiro atoms. The van der Waals surface area contributed by atoms with E-state index in [0.717, 1.165) is 36.4 Å². The van der Waals surface area contributed by atoms with Gasteiger partial charge in [-0.1, -0.05) is 13.8 Å². The third-order valence-electron chi connectivity index (χ3n) is 4.77. The van der Waals surface area contributed by atoms with Crippen molar-refractivity contribution >= 4 is 16.9 Å². The number of nitrogens with one attached hydrogen (secondary N) is 1. The zero-order valence-electron chi connectivity index (χ0n) is 16.4. The zero-order valence-corrected chi connectivity index (χ0v) is 16.4. The Labute approximate surface area is 154 Å². The summed E-state index contributed by atoms with van der Waals surface area (Å²) in [5, 5.41) is 8.31. The Hall–Kier alpha value is -1.99. The molecule has 1 aliphatic heterocycles. The summed E-state index contributed by atoms with van der Waals surface area (Å²) in [6.45, 7) is 12.3. The van der Waals surface area contributed by atoms with Crippen molar-refractivity contribution < 1.29 is 9.53 Å². The van der Waals surface area contributed by atoms with Crippen molar-refractivity contribution in [2.75, 3.05) is 32.8 Å². The number of aromatic nitrogens is 3. The number of nitrogens with zero attached hydrogens (tertiary/aromatic N) is 4. The summed E-state index contributed by atoms with van der Waals surface area (Å²) in [4.78, 5) is 19.6. The topological polar surface area (TPSA) is 72.3 Å². The summed E-state index contributed by atoms with van der Waals surface area (Å²) in [5.74, 6) is 0.524. The van der Waals surface area contributed by atoms with Crippen LogP contribution < -0.4 is 5.32 Å². The number of rotatable bonds is 5.